The lowest BCUT2D eigenvalue weighted by Crippen LogP contribution is -2.39. The van der Waals surface area contributed by atoms with Crippen LogP contribution in [0, 0.1) is 17.2 Å². The summed E-state index contributed by atoms with van der Waals surface area (Å²) in [5, 5.41) is 9.05. The van der Waals surface area contributed by atoms with E-state index in [9.17, 15) is 0 Å². The maximum atomic E-state index is 9.05. The Morgan fingerprint density at radius 2 is 2.50 bits per heavy atom. The molecule has 0 saturated carbocycles. The highest BCUT2D eigenvalue weighted by Crippen LogP contribution is 2.39. The number of aryl methyl sites for hydroxylation is 1. The minimum Gasteiger partial charge on any atom is -0.487 e. The Balaban J connectivity index is 1.96. The second-order valence-corrected chi connectivity index (χ2v) is 5.22. The fourth-order valence-electron chi connectivity index (χ4n) is 2.76. The third-order valence-electron chi connectivity index (χ3n) is 3.64. The molecule has 0 amide bonds. The van der Waals surface area contributed by atoms with E-state index in [1.165, 1.54) is 0 Å². The molecule has 2 aliphatic rings. The highest BCUT2D eigenvalue weighted by molar-refractivity contribution is 7.80. The standard InChI is InChI=1S/C13H15N3OS/c14-6-9-5-11-8-17-12-10(2-4-18)1-3-15-13(12)16(11)7-9/h1,3,9,11,18H,2,4-5,7-8H2. The molecule has 0 N–H and O–H groups in total. The van der Waals surface area contributed by atoms with Gasteiger partial charge in [0.25, 0.3) is 0 Å². The van der Waals surface area contributed by atoms with Gasteiger partial charge in [-0.2, -0.15) is 17.9 Å². The van der Waals surface area contributed by atoms with Crippen molar-refractivity contribution in [3.8, 4) is 11.8 Å². The number of rotatable bonds is 2. The van der Waals surface area contributed by atoms with E-state index in [0.29, 0.717) is 12.6 Å². The minimum absolute atomic E-state index is 0.0971. The molecule has 2 atom stereocenters. The van der Waals surface area contributed by atoms with Crippen molar-refractivity contribution in [2.45, 2.75) is 18.9 Å². The van der Waals surface area contributed by atoms with Crippen molar-refractivity contribution in [3.63, 3.8) is 0 Å². The first kappa shape index (κ1) is 11.7. The molecule has 0 aliphatic carbocycles. The van der Waals surface area contributed by atoms with Crippen molar-refractivity contribution < 1.29 is 4.74 Å². The number of ether oxygens (including phenoxy) is 1. The Morgan fingerprint density at radius 3 is 3.28 bits per heavy atom. The van der Waals surface area contributed by atoms with Crippen molar-refractivity contribution in [2.75, 3.05) is 23.8 Å². The van der Waals surface area contributed by atoms with Crippen molar-refractivity contribution in [2.24, 2.45) is 5.92 Å². The highest BCUT2D eigenvalue weighted by Gasteiger charge is 2.38. The lowest BCUT2D eigenvalue weighted by molar-refractivity contribution is 0.266. The normalized spacial score (nSPS) is 25.0. The van der Waals surface area contributed by atoms with E-state index in [2.05, 4.69) is 28.6 Å². The average Bonchev–Trinajstić information content (AvgIpc) is 2.83. The molecule has 94 valence electrons. The zero-order valence-corrected chi connectivity index (χ0v) is 10.9. The van der Waals surface area contributed by atoms with Crippen LogP contribution in [0.15, 0.2) is 12.3 Å². The first-order valence-corrected chi connectivity index (χ1v) is 6.84. The molecule has 3 rings (SSSR count). The molecule has 1 saturated heterocycles. The monoisotopic (exact) mass is 261 g/mol. The molecule has 2 aliphatic heterocycles. The molecule has 2 unspecified atom stereocenters. The fourth-order valence-corrected chi connectivity index (χ4v) is 3.00. The maximum Gasteiger partial charge on any atom is 0.172 e. The first-order valence-electron chi connectivity index (χ1n) is 6.21. The van der Waals surface area contributed by atoms with E-state index in [1.54, 1.807) is 0 Å². The van der Waals surface area contributed by atoms with E-state index >= 15 is 0 Å². The number of aromatic nitrogens is 1. The predicted octanol–water partition coefficient (Wildman–Crippen LogP) is 1.66. The van der Waals surface area contributed by atoms with Crippen molar-refractivity contribution in [1.82, 2.24) is 4.98 Å². The van der Waals surface area contributed by atoms with Crippen LogP contribution in [-0.4, -0.2) is 29.9 Å². The quantitative estimate of drug-likeness (QED) is 0.823. The van der Waals surface area contributed by atoms with Gasteiger partial charge in [0.2, 0.25) is 0 Å². The van der Waals surface area contributed by atoms with E-state index < -0.39 is 0 Å². The van der Waals surface area contributed by atoms with Crippen LogP contribution in [0.4, 0.5) is 5.82 Å². The molecule has 1 aromatic heterocycles. The van der Waals surface area contributed by atoms with Crippen LogP contribution in [0.3, 0.4) is 0 Å². The lowest BCUT2D eigenvalue weighted by Gasteiger charge is -2.33. The van der Waals surface area contributed by atoms with Crippen molar-refractivity contribution in [3.05, 3.63) is 17.8 Å². The van der Waals surface area contributed by atoms with Crippen LogP contribution >= 0.6 is 12.6 Å². The number of anilines is 1. The Bertz CT molecular complexity index is 499. The number of fused-ring (bicyclic) bond motifs is 3. The summed E-state index contributed by atoms with van der Waals surface area (Å²) in [5.74, 6) is 2.69. The van der Waals surface area contributed by atoms with Crippen LogP contribution in [0.25, 0.3) is 0 Å². The number of nitrogens with zero attached hydrogens (tertiary/aromatic N) is 3. The number of hydrogen-bond acceptors (Lipinski definition) is 5. The lowest BCUT2D eigenvalue weighted by atomic mass is 10.1. The second-order valence-electron chi connectivity index (χ2n) is 4.78. The topological polar surface area (TPSA) is 49.1 Å². The van der Waals surface area contributed by atoms with Gasteiger partial charge in [0.1, 0.15) is 6.61 Å². The average molecular weight is 261 g/mol. The molecule has 0 radical (unpaired) electrons. The molecule has 4 nitrogen and oxygen atoms in total. The molecule has 1 fully saturated rings. The van der Waals surface area contributed by atoms with Crippen molar-refractivity contribution in [1.29, 1.82) is 5.26 Å². The summed E-state index contributed by atoms with van der Waals surface area (Å²) in [4.78, 5) is 6.67. The van der Waals surface area contributed by atoms with Crippen LogP contribution in [0.1, 0.15) is 12.0 Å². The first-order chi connectivity index (χ1) is 8.83. The summed E-state index contributed by atoms with van der Waals surface area (Å²) in [5.41, 5.74) is 1.16. The summed E-state index contributed by atoms with van der Waals surface area (Å²) < 4.78 is 5.87. The van der Waals surface area contributed by atoms with Crippen LogP contribution in [0.2, 0.25) is 0 Å². The predicted molar refractivity (Wildman–Crippen MR) is 72.1 cm³/mol. The Morgan fingerprint density at radius 1 is 1.61 bits per heavy atom. The fraction of sp³-hybridized carbons (Fsp3) is 0.538. The number of nitriles is 1. The summed E-state index contributed by atoms with van der Waals surface area (Å²) in [6.07, 6.45) is 3.59. The number of hydrogen-bond donors (Lipinski definition) is 1. The molecule has 5 heteroatoms. The van der Waals surface area contributed by atoms with Gasteiger partial charge in [-0.25, -0.2) is 4.98 Å². The third kappa shape index (κ3) is 1.81. The van der Waals surface area contributed by atoms with Gasteiger partial charge in [0, 0.05) is 18.3 Å². The van der Waals surface area contributed by atoms with Gasteiger partial charge in [0.15, 0.2) is 11.6 Å². The van der Waals surface area contributed by atoms with Crippen LogP contribution in [-0.2, 0) is 6.42 Å². The molecule has 3 heterocycles. The Labute approximate surface area is 112 Å². The van der Waals surface area contributed by atoms with Gasteiger partial charge in [0.05, 0.1) is 18.0 Å². The van der Waals surface area contributed by atoms with E-state index in [-0.39, 0.29) is 5.92 Å². The Hall–Kier alpha value is -1.41. The van der Waals surface area contributed by atoms with Gasteiger partial charge in [-0.3, -0.25) is 0 Å². The molecular formula is C13H15N3OS. The minimum atomic E-state index is 0.0971. The molecule has 18 heavy (non-hydrogen) atoms. The molecule has 0 aromatic carbocycles. The van der Waals surface area contributed by atoms with Crippen molar-refractivity contribution >= 4 is 18.4 Å². The largest absolute Gasteiger partial charge is 0.487 e. The van der Waals surface area contributed by atoms with Gasteiger partial charge in [-0.1, -0.05) is 0 Å². The zero-order chi connectivity index (χ0) is 12.5. The third-order valence-corrected chi connectivity index (χ3v) is 3.86. The van der Waals surface area contributed by atoms with Gasteiger partial charge in [-0.15, -0.1) is 0 Å². The summed E-state index contributed by atoms with van der Waals surface area (Å²) >= 11 is 4.27. The molecule has 0 bridgehead atoms. The summed E-state index contributed by atoms with van der Waals surface area (Å²) in [6, 6.07) is 4.65. The number of pyridine rings is 1. The van der Waals surface area contributed by atoms with Crippen LogP contribution < -0.4 is 9.64 Å². The van der Waals surface area contributed by atoms with Crippen LogP contribution in [0.5, 0.6) is 5.75 Å². The summed E-state index contributed by atoms with van der Waals surface area (Å²) in [7, 11) is 0. The SMILES string of the molecule is N#CC1CC2COc3c(CCS)ccnc3N2C1. The molecule has 1 aromatic rings. The number of thiol groups is 1. The molecule has 0 spiro atoms. The van der Waals surface area contributed by atoms with Gasteiger partial charge >= 0.3 is 0 Å². The molecular weight excluding hydrogens is 246 g/mol. The van der Waals surface area contributed by atoms with E-state index in [0.717, 1.165) is 42.3 Å². The van der Waals surface area contributed by atoms with E-state index in [4.69, 9.17) is 10.00 Å². The summed E-state index contributed by atoms with van der Waals surface area (Å²) in [6.45, 7) is 1.44. The second kappa shape index (κ2) is 4.69. The van der Waals surface area contributed by atoms with Gasteiger partial charge < -0.3 is 9.64 Å². The highest BCUT2D eigenvalue weighted by atomic mass is 32.1. The smallest absolute Gasteiger partial charge is 0.172 e. The maximum absolute atomic E-state index is 9.05. The van der Waals surface area contributed by atoms with Gasteiger partial charge in [-0.05, 0) is 24.7 Å². The van der Waals surface area contributed by atoms with E-state index in [1.807, 2.05) is 12.3 Å². The zero-order valence-electron chi connectivity index (χ0n) is 10.0. The Kier molecular flexibility index (Phi) is 3.04.